The predicted octanol–water partition coefficient (Wildman–Crippen LogP) is 4.62. The zero-order valence-electron chi connectivity index (χ0n) is 16.9. The molecule has 0 spiro atoms. The van der Waals surface area contributed by atoms with Crippen LogP contribution in [0.3, 0.4) is 0 Å². The van der Waals surface area contributed by atoms with Crippen LogP contribution in [0.25, 0.3) is 6.08 Å². The summed E-state index contributed by atoms with van der Waals surface area (Å²) in [6.07, 6.45) is 11.9. The Balaban J connectivity index is 1.96. The first-order valence-electron chi connectivity index (χ1n) is 9.61. The maximum Gasteiger partial charge on any atom is 0.337 e. The Kier molecular flexibility index (Phi) is 9.01. The summed E-state index contributed by atoms with van der Waals surface area (Å²) in [5.41, 5.74) is 1.01. The predicted molar refractivity (Wildman–Crippen MR) is 117 cm³/mol. The van der Waals surface area contributed by atoms with Crippen molar-refractivity contribution in [3.05, 3.63) is 59.7 Å². The molecule has 0 unspecified atom stereocenters. The van der Waals surface area contributed by atoms with Crippen LogP contribution in [0.1, 0.15) is 41.6 Å². The molecule has 30 heavy (non-hydrogen) atoms. The number of nitrogens with one attached hydrogen (secondary N) is 1. The van der Waals surface area contributed by atoms with Crippen LogP contribution in [0.2, 0.25) is 0 Å². The molecule has 0 aromatic heterocycles. The number of aromatic carboxylic acids is 1. The summed E-state index contributed by atoms with van der Waals surface area (Å²) in [7, 11) is 1.55. The molecule has 6 heteroatoms. The van der Waals surface area contributed by atoms with Crippen molar-refractivity contribution in [2.75, 3.05) is 19.0 Å². The molecule has 0 atom stereocenters. The lowest BCUT2D eigenvalue weighted by molar-refractivity contribution is -0.111. The van der Waals surface area contributed by atoms with Crippen molar-refractivity contribution in [2.24, 2.45) is 0 Å². The number of rotatable bonds is 11. The number of carbonyl (C=O) groups is 2. The van der Waals surface area contributed by atoms with Crippen LogP contribution in [-0.4, -0.2) is 30.7 Å². The van der Waals surface area contributed by atoms with Crippen molar-refractivity contribution in [1.29, 1.82) is 0 Å². The normalized spacial score (nSPS) is 10.4. The number of unbranched alkanes of at least 4 members (excludes halogenated alkanes) is 3. The van der Waals surface area contributed by atoms with E-state index in [0.717, 1.165) is 31.2 Å². The highest BCUT2D eigenvalue weighted by Crippen LogP contribution is 2.29. The molecule has 2 aromatic carbocycles. The van der Waals surface area contributed by atoms with Gasteiger partial charge in [-0.3, -0.25) is 4.79 Å². The lowest BCUT2D eigenvalue weighted by Crippen LogP contribution is -2.11. The van der Waals surface area contributed by atoms with Gasteiger partial charge in [-0.25, -0.2) is 4.79 Å². The molecule has 0 heterocycles. The highest BCUT2D eigenvalue weighted by atomic mass is 16.5. The minimum Gasteiger partial charge on any atom is -0.493 e. The van der Waals surface area contributed by atoms with Gasteiger partial charge in [0.1, 0.15) is 0 Å². The number of methoxy groups -OCH3 is 1. The van der Waals surface area contributed by atoms with Gasteiger partial charge in [0.15, 0.2) is 11.5 Å². The zero-order valence-corrected chi connectivity index (χ0v) is 16.9. The number of para-hydroxylation sites is 1. The van der Waals surface area contributed by atoms with E-state index in [-0.39, 0.29) is 11.3 Å². The van der Waals surface area contributed by atoms with Gasteiger partial charge in [0, 0.05) is 12.5 Å². The van der Waals surface area contributed by atoms with E-state index in [9.17, 15) is 14.7 Å². The van der Waals surface area contributed by atoms with E-state index in [1.807, 2.05) is 6.07 Å². The number of ether oxygens (including phenoxy) is 2. The van der Waals surface area contributed by atoms with E-state index in [4.69, 9.17) is 15.9 Å². The second kappa shape index (κ2) is 12.0. The van der Waals surface area contributed by atoms with Gasteiger partial charge in [-0.15, -0.1) is 12.3 Å². The van der Waals surface area contributed by atoms with Crippen LogP contribution in [0, 0.1) is 12.3 Å². The molecular formula is C24H25NO5. The Hall–Kier alpha value is -3.72. The summed E-state index contributed by atoms with van der Waals surface area (Å²) in [5.74, 6) is 2.28. The molecule has 0 bridgehead atoms. The molecule has 0 saturated carbocycles. The summed E-state index contributed by atoms with van der Waals surface area (Å²) in [5, 5.41) is 11.8. The molecule has 0 aliphatic rings. The van der Waals surface area contributed by atoms with Gasteiger partial charge in [0.25, 0.3) is 0 Å². The monoisotopic (exact) mass is 407 g/mol. The van der Waals surface area contributed by atoms with E-state index in [1.165, 1.54) is 18.2 Å². The van der Waals surface area contributed by atoms with E-state index in [0.29, 0.717) is 18.1 Å². The van der Waals surface area contributed by atoms with Crippen LogP contribution in [-0.2, 0) is 4.79 Å². The Morgan fingerprint density at radius 3 is 2.67 bits per heavy atom. The lowest BCUT2D eigenvalue weighted by atomic mass is 10.1. The molecular weight excluding hydrogens is 382 g/mol. The topological polar surface area (TPSA) is 84.9 Å². The number of hydrogen-bond donors (Lipinski definition) is 2. The number of amides is 1. The van der Waals surface area contributed by atoms with Gasteiger partial charge in [0.05, 0.1) is 25.0 Å². The fourth-order valence-corrected chi connectivity index (χ4v) is 2.72. The van der Waals surface area contributed by atoms with Crippen molar-refractivity contribution in [1.82, 2.24) is 0 Å². The number of hydrogen-bond acceptors (Lipinski definition) is 4. The average Bonchev–Trinajstić information content (AvgIpc) is 2.75. The maximum absolute atomic E-state index is 12.2. The van der Waals surface area contributed by atoms with Gasteiger partial charge in [-0.2, -0.15) is 0 Å². The van der Waals surface area contributed by atoms with Crippen LogP contribution in [0.4, 0.5) is 5.69 Å². The van der Waals surface area contributed by atoms with Crippen LogP contribution < -0.4 is 14.8 Å². The highest BCUT2D eigenvalue weighted by Gasteiger charge is 2.10. The molecule has 0 radical (unpaired) electrons. The second-order valence-electron chi connectivity index (χ2n) is 6.45. The average molecular weight is 407 g/mol. The number of benzene rings is 2. The minimum absolute atomic E-state index is 0.0294. The Morgan fingerprint density at radius 2 is 1.93 bits per heavy atom. The maximum atomic E-state index is 12.2. The molecule has 156 valence electrons. The number of carbonyl (C=O) groups excluding carboxylic acids is 1. The first kappa shape index (κ1) is 22.6. The largest absolute Gasteiger partial charge is 0.493 e. The Labute approximate surface area is 176 Å². The van der Waals surface area contributed by atoms with E-state index in [2.05, 4.69) is 11.2 Å². The van der Waals surface area contributed by atoms with Crippen molar-refractivity contribution in [3.63, 3.8) is 0 Å². The zero-order chi connectivity index (χ0) is 21.8. The minimum atomic E-state index is -1.11. The Bertz CT molecular complexity index is 943. The summed E-state index contributed by atoms with van der Waals surface area (Å²) >= 11 is 0. The molecule has 0 saturated heterocycles. The van der Waals surface area contributed by atoms with Gasteiger partial charge >= 0.3 is 5.97 Å². The van der Waals surface area contributed by atoms with Crippen LogP contribution in [0.5, 0.6) is 11.5 Å². The molecule has 1 amide bonds. The first-order chi connectivity index (χ1) is 14.5. The van der Waals surface area contributed by atoms with E-state index >= 15 is 0 Å². The standard InChI is InChI=1S/C24H25NO5/c1-3-4-5-6-9-16-30-21-14-12-18(17-22(21)29-2)13-15-23(26)25-20-11-8-7-10-19(20)24(27)28/h1,7-8,10-15,17H,4-6,9,16H2,2H3,(H,25,26)(H,27,28)/b15-13+. The van der Waals surface area contributed by atoms with Crippen molar-refractivity contribution >= 4 is 23.6 Å². The molecule has 2 rings (SSSR count). The van der Waals surface area contributed by atoms with Crippen LogP contribution >= 0.6 is 0 Å². The second-order valence-corrected chi connectivity index (χ2v) is 6.45. The van der Waals surface area contributed by atoms with Crippen molar-refractivity contribution < 1.29 is 24.2 Å². The number of anilines is 1. The van der Waals surface area contributed by atoms with Gasteiger partial charge < -0.3 is 19.9 Å². The molecule has 6 nitrogen and oxygen atoms in total. The van der Waals surface area contributed by atoms with Crippen molar-refractivity contribution in [2.45, 2.75) is 25.7 Å². The molecule has 0 aliphatic carbocycles. The summed E-state index contributed by atoms with van der Waals surface area (Å²) in [6, 6.07) is 11.6. The quantitative estimate of drug-likeness (QED) is 0.323. The third-order valence-corrected chi connectivity index (χ3v) is 4.25. The number of carboxylic acids is 1. The van der Waals surface area contributed by atoms with Crippen molar-refractivity contribution in [3.8, 4) is 23.8 Å². The smallest absolute Gasteiger partial charge is 0.337 e. The number of terminal acetylenes is 1. The fourth-order valence-electron chi connectivity index (χ4n) is 2.72. The summed E-state index contributed by atoms with van der Waals surface area (Å²) < 4.78 is 11.1. The Morgan fingerprint density at radius 1 is 1.13 bits per heavy atom. The van der Waals surface area contributed by atoms with Gasteiger partial charge in [-0.1, -0.05) is 18.2 Å². The molecule has 0 fully saturated rings. The molecule has 2 N–H and O–H groups in total. The van der Waals surface area contributed by atoms with Gasteiger partial charge in [0.2, 0.25) is 5.91 Å². The van der Waals surface area contributed by atoms with E-state index in [1.54, 1.807) is 37.5 Å². The fraction of sp³-hybridized carbons (Fsp3) is 0.250. The lowest BCUT2D eigenvalue weighted by Gasteiger charge is -2.11. The summed E-state index contributed by atoms with van der Waals surface area (Å²) in [4.78, 5) is 23.4. The molecule has 0 aliphatic heterocycles. The third-order valence-electron chi connectivity index (χ3n) is 4.25. The highest BCUT2D eigenvalue weighted by molar-refractivity contribution is 6.06. The first-order valence-corrected chi connectivity index (χ1v) is 9.61. The van der Waals surface area contributed by atoms with Crippen LogP contribution in [0.15, 0.2) is 48.5 Å². The van der Waals surface area contributed by atoms with E-state index < -0.39 is 11.9 Å². The SMILES string of the molecule is C#CCCCCCOc1ccc(/C=C/C(=O)Nc2ccccc2C(=O)O)cc1OC. The van der Waals surface area contributed by atoms with Gasteiger partial charge in [-0.05, 0) is 55.2 Å². The summed E-state index contributed by atoms with van der Waals surface area (Å²) in [6.45, 7) is 0.571. The number of carboxylic acid groups (broad SMARTS) is 1. The molecule has 2 aromatic rings. The third kappa shape index (κ3) is 7.02.